The van der Waals surface area contributed by atoms with Crippen molar-refractivity contribution in [3.8, 4) is 6.07 Å². The number of piperidine rings is 1. The lowest BCUT2D eigenvalue weighted by Crippen LogP contribution is -2.54. The monoisotopic (exact) mass is 299 g/mol. The van der Waals surface area contributed by atoms with Crippen LogP contribution in [0.3, 0.4) is 0 Å². The number of esters is 1. The molecule has 0 aromatic rings. The van der Waals surface area contributed by atoms with Crippen molar-refractivity contribution in [3.63, 3.8) is 0 Å². The third kappa shape index (κ3) is 5.59. The summed E-state index contributed by atoms with van der Waals surface area (Å²) in [4.78, 5) is 13.6. The molecule has 7 heteroatoms. The highest BCUT2D eigenvalue weighted by Crippen LogP contribution is 2.21. The predicted octanol–water partition coefficient (Wildman–Crippen LogP) is 0.714. The number of rotatable bonds is 4. The fourth-order valence-electron chi connectivity index (χ4n) is 2.40. The Labute approximate surface area is 125 Å². The molecule has 2 unspecified atom stereocenters. The summed E-state index contributed by atoms with van der Waals surface area (Å²) < 4.78 is 5.26. The SMILES string of the molecule is CC(O)N(O)C1CC[C@@H](C#N)N(CC(=O)OC(C)(C)C)C1. The first-order valence-electron chi connectivity index (χ1n) is 7.15. The summed E-state index contributed by atoms with van der Waals surface area (Å²) in [5.74, 6) is -0.398. The molecule has 0 spiro atoms. The standard InChI is InChI=1S/C14H25N3O4/c1-10(18)17(20)12-6-5-11(7-15)16(8-12)9-13(19)21-14(2,3)4/h10-12,18,20H,5-6,8-9H2,1-4H3/t10?,11-,12?/m0/s1. The highest BCUT2D eigenvalue weighted by molar-refractivity contribution is 5.72. The summed E-state index contributed by atoms with van der Waals surface area (Å²) >= 11 is 0. The second-order valence-electron chi connectivity index (χ2n) is 6.40. The van der Waals surface area contributed by atoms with Crippen LogP contribution in [0.5, 0.6) is 0 Å². The Morgan fingerprint density at radius 2 is 2.14 bits per heavy atom. The molecule has 0 bridgehead atoms. The van der Waals surface area contributed by atoms with E-state index in [1.165, 1.54) is 6.92 Å². The first-order valence-corrected chi connectivity index (χ1v) is 7.15. The summed E-state index contributed by atoms with van der Waals surface area (Å²) in [7, 11) is 0. The zero-order valence-electron chi connectivity index (χ0n) is 13.1. The lowest BCUT2D eigenvalue weighted by molar-refractivity contribution is -0.224. The number of nitriles is 1. The van der Waals surface area contributed by atoms with E-state index in [4.69, 9.17) is 4.74 Å². The number of hydrogen-bond acceptors (Lipinski definition) is 7. The normalized spacial score (nSPS) is 25.4. The van der Waals surface area contributed by atoms with Gasteiger partial charge in [0.25, 0.3) is 0 Å². The molecule has 1 heterocycles. The Hall–Kier alpha value is -1.20. The van der Waals surface area contributed by atoms with Crippen LogP contribution in [-0.4, -0.2) is 63.2 Å². The van der Waals surface area contributed by atoms with E-state index < -0.39 is 17.8 Å². The second kappa shape index (κ2) is 7.18. The largest absolute Gasteiger partial charge is 0.459 e. The Morgan fingerprint density at radius 1 is 1.52 bits per heavy atom. The number of likely N-dealkylation sites (tertiary alicyclic amines) is 1. The highest BCUT2D eigenvalue weighted by atomic mass is 16.6. The minimum absolute atomic E-state index is 0.000351. The second-order valence-corrected chi connectivity index (χ2v) is 6.40. The van der Waals surface area contributed by atoms with Crippen LogP contribution in [0.15, 0.2) is 0 Å². The van der Waals surface area contributed by atoms with Crippen molar-refractivity contribution < 1.29 is 19.8 Å². The van der Waals surface area contributed by atoms with Gasteiger partial charge >= 0.3 is 5.97 Å². The molecule has 0 aromatic carbocycles. The zero-order valence-corrected chi connectivity index (χ0v) is 13.1. The van der Waals surface area contributed by atoms with Crippen molar-refractivity contribution in [1.82, 2.24) is 9.96 Å². The number of carbonyl (C=O) groups excluding carboxylic acids is 1. The molecule has 2 N–H and O–H groups in total. The molecule has 1 saturated heterocycles. The maximum atomic E-state index is 11.9. The fourth-order valence-corrected chi connectivity index (χ4v) is 2.40. The lowest BCUT2D eigenvalue weighted by atomic mass is 9.98. The third-order valence-electron chi connectivity index (χ3n) is 3.32. The molecule has 0 saturated carbocycles. The quantitative estimate of drug-likeness (QED) is 0.448. The van der Waals surface area contributed by atoms with Crippen LogP contribution in [0, 0.1) is 11.3 Å². The molecule has 0 aromatic heterocycles. The molecule has 0 amide bonds. The minimum atomic E-state index is -0.989. The van der Waals surface area contributed by atoms with Crippen LogP contribution in [0.25, 0.3) is 0 Å². The topological polar surface area (TPSA) is 97.0 Å². The summed E-state index contributed by atoms with van der Waals surface area (Å²) in [5, 5.41) is 29.3. The van der Waals surface area contributed by atoms with Gasteiger partial charge in [-0.05, 0) is 40.5 Å². The molecular formula is C14H25N3O4. The van der Waals surface area contributed by atoms with Gasteiger partial charge in [0.05, 0.1) is 24.7 Å². The maximum absolute atomic E-state index is 11.9. The van der Waals surface area contributed by atoms with E-state index in [0.29, 0.717) is 19.4 Å². The van der Waals surface area contributed by atoms with Crippen LogP contribution < -0.4 is 0 Å². The number of nitrogens with zero attached hydrogens (tertiary/aromatic N) is 3. The fraction of sp³-hybridized carbons (Fsp3) is 0.857. The van der Waals surface area contributed by atoms with Crippen molar-refractivity contribution >= 4 is 5.97 Å². The predicted molar refractivity (Wildman–Crippen MR) is 75.1 cm³/mol. The molecule has 21 heavy (non-hydrogen) atoms. The summed E-state index contributed by atoms with van der Waals surface area (Å²) in [6.07, 6.45) is 0.134. The van der Waals surface area contributed by atoms with E-state index >= 15 is 0 Å². The van der Waals surface area contributed by atoms with Crippen molar-refractivity contribution in [2.24, 2.45) is 0 Å². The number of hydroxylamine groups is 2. The number of ether oxygens (including phenoxy) is 1. The molecule has 7 nitrogen and oxygen atoms in total. The Kier molecular flexibility index (Phi) is 6.10. The van der Waals surface area contributed by atoms with E-state index in [2.05, 4.69) is 6.07 Å². The van der Waals surface area contributed by atoms with Crippen LogP contribution in [0.2, 0.25) is 0 Å². The summed E-state index contributed by atoms with van der Waals surface area (Å²) in [5.41, 5.74) is -0.572. The van der Waals surface area contributed by atoms with Gasteiger partial charge in [-0.2, -0.15) is 10.3 Å². The zero-order chi connectivity index (χ0) is 16.2. The molecule has 0 aliphatic carbocycles. The molecule has 0 radical (unpaired) electrons. The molecule has 1 aliphatic rings. The number of carbonyl (C=O) groups is 1. The number of aliphatic hydroxyl groups excluding tert-OH is 1. The lowest BCUT2D eigenvalue weighted by Gasteiger charge is -2.39. The van der Waals surface area contributed by atoms with Crippen molar-refractivity contribution in [3.05, 3.63) is 0 Å². The van der Waals surface area contributed by atoms with Gasteiger partial charge in [-0.15, -0.1) is 0 Å². The van der Waals surface area contributed by atoms with Crippen molar-refractivity contribution in [2.45, 2.75) is 64.4 Å². The minimum Gasteiger partial charge on any atom is -0.459 e. The summed E-state index contributed by atoms with van der Waals surface area (Å²) in [6, 6.07) is 1.48. The molecule has 120 valence electrons. The van der Waals surface area contributed by atoms with Crippen molar-refractivity contribution in [1.29, 1.82) is 5.26 Å². The van der Waals surface area contributed by atoms with Gasteiger partial charge in [0.15, 0.2) is 0 Å². The van der Waals surface area contributed by atoms with Gasteiger partial charge in [-0.25, -0.2) is 0 Å². The molecule has 1 fully saturated rings. The maximum Gasteiger partial charge on any atom is 0.320 e. The summed E-state index contributed by atoms with van der Waals surface area (Å²) in [6.45, 7) is 7.16. The first-order chi connectivity index (χ1) is 9.64. The van der Waals surface area contributed by atoms with Gasteiger partial charge in [0.2, 0.25) is 0 Å². The van der Waals surface area contributed by atoms with Gasteiger partial charge in [-0.1, -0.05) is 0 Å². The molecular weight excluding hydrogens is 274 g/mol. The number of hydrogen-bond donors (Lipinski definition) is 2. The first kappa shape index (κ1) is 17.9. The van der Waals surface area contributed by atoms with E-state index in [-0.39, 0.29) is 18.6 Å². The Balaban J connectivity index is 2.67. The van der Waals surface area contributed by atoms with Crippen molar-refractivity contribution in [2.75, 3.05) is 13.1 Å². The van der Waals surface area contributed by atoms with Crippen LogP contribution in [0.1, 0.15) is 40.5 Å². The third-order valence-corrected chi connectivity index (χ3v) is 3.32. The molecule has 1 aliphatic heterocycles. The van der Waals surface area contributed by atoms with Crippen LogP contribution >= 0.6 is 0 Å². The van der Waals surface area contributed by atoms with E-state index in [0.717, 1.165) is 5.06 Å². The van der Waals surface area contributed by atoms with Gasteiger partial charge in [-0.3, -0.25) is 9.69 Å². The van der Waals surface area contributed by atoms with Gasteiger partial charge < -0.3 is 15.1 Å². The van der Waals surface area contributed by atoms with Gasteiger partial charge in [0, 0.05) is 6.54 Å². The molecule has 1 rings (SSSR count). The van der Waals surface area contributed by atoms with E-state index in [9.17, 15) is 20.4 Å². The molecule has 3 atom stereocenters. The average Bonchev–Trinajstić information content (AvgIpc) is 2.35. The van der Waals surface area contributed by atoms with Crippen LogP contribution in [0.4, 0.5) is 0 Å². The smallest absolute Gasteiger partial charge is 0.320 e. The average molecular weight is 299 g/mol. The Bertz CT molecular complexity index is 400. The van der Waals surface area contributed by atoms with Crippen LogP contribution in [-0.2, 0) is 9.53 Å². The highest BCUT2D eigenvalue weighted by Gasteiger charge is 2.34. The number of aliphatic hydroxyl groups is 1. The van der Waals surface area contributed by atoms with Gasteiger partial charge in [0.1, 0.15) is 11.8 Å². The van der Waals surface area contributed by atoms with E-state index in [1.54, 1.807) is 25.7 Å². The Morgan fingerprint density at radius 3 is 2.62 bits per heavy atom. The van der Waals surface area contributed by atoms with E-state index in [1.807, 2.05) is 0 Å².